The highest BCUT2D eigenvalue weighted by molar-refractivity contribution is 7.80. The van der Waals surface area contributed by atoms with E-state index in [4.69, 9.17) is 17.0 Å². The molecule has 0 aromatic heterocycles. The van der Waals surface area contributed by atoms with Crippen LogP contribution in [0, 0.1) is 11.7 Å². The Hall–Kier alpha value is -2.23. The number of morpholine rings is 1. The van der Waals surface area contributed by atoms with Crippen molar-refractivity contribution < 1.29 is 23.6 Å². The third kappa shape index (κ3) is 4.94. The molecule has 1 aromatic carbocycles. The first kappa shape index (κ1) is 19.5. The van der Waals surface area contributed by atoms with Crippen molar-refractivity contribution in [1.29, 1.82) is 0 Å². The fraction of sp³-hybridized carbons (Fsp3) is 0.444. The maximum absolute atomic E-state index is 13.1. The maximum Gasteiger partial charge on any atom is 0.251 e. The molecule has 0 spiro atoms. The lowest BCUT2D eigenvalue weighted by atomic mass is 10.1. The third-order valence-electron chi connectivity index (χ3n) is 4.56. The second-order valence-electron chi connectivity index (χ2n) is 6.44. The number of nitrogens with one attached hydrogen (secondary N) is 2. The molecule has 1 aromatic rings. The van der Waals surface area contributed by atoms with Gasteiger partial charge in [0.1, 0.15) is 18.9 Å². The van der Waals surface area contributed by atoms with Gasteiger partial charge in [-0.05, 0) is 36.5 Å². The second-order valence-corrected chi connectivity index (χ2v) is 6.83. The minimum absolute atomic E-state index is 0.0165. The summed E-state index contributed by atoms with van der Waals surface area (Å²) >= 11 is 5.10. The van der Waals surface area contributed by atoms with Crippen LogP contribution in [0.5, 0.6) is 0 Å². The van der Waals surface area contributed by atoms with Gasteiger partial charge in [0.15, 0.2) is 11.0 Å². The maximum atomic E-state index is 13.1. The van der Waals surface area contributed by atoms with Crippen molar-refractivity contribution in [2.24, 2.45) is 10.9 Å². The molecule has 2 N–H and O–H groups in total. The Bertz CT molecular complexity index is 735. The molecule has 2 fully saturated rings. The van der Waals surface area contributed by atoms with E-state index in [-0.39, 0.29) is 5.11 Å². The number of anilines is 1. The lowest BCUT2D eigenvalue weighted by molar-refractivity contribution is -0.908. The first-order valence-corrected chi connectivity index (χ1v) is 9.32. The Balaban J connectivity index is 1.58. The molecule has 0 radical (unpaired) electrons. The topological polar surface area (TPSA) is 75.4 Å². The molecule has 2 aliphatic heterocycles. The number of rotatable bonds is 6. The van der Waals surface area contributed by atoms with Crippen molar-refractivity contribution in [2.75, 3.05) is 44.3 Å². The lowest BCUT2D eigenvalue weighted by Gasteiger charge is -2.30. The third-order valence-corrected chi connectivity index (χ3v) is 4.84. The van der Waals surface area contributed by atoms with Crippen molar-refractivity contribution in [3.63, 3.8) is 0 Å². The van der Waals surface area contributed by atoms with Crippen molar-refractivity contribution in [3.05, 3.63) is 30.1 Å². The van der Waals surface area contributed by atoms with Crippen LogP contribution in [-0.4, -0.2) is 62.5 Å². The van der Waals surface area contributed by atoms with Crippen LogP contribution in [0.2, 0.25) is 0 Å². The number of benzene rings is 1. The fourth-order valence-electron chi connectivity index (χ4n) is 3.07. The van der Waals surface area contributed by atoms with Crippen LogP contribution in [0.4, 0.5) is 10.1 Å². The van der Waals surface area contributed by atoms with Gasteiger partial charge in [0.2, 0.25) is 5.91 Å². The number of hydrogen-bond donors (Lipinski definition) is 2. The summed E-state index contributed by atoms with van der Waals surface area (Å²) in [6.45, 7) is 5.09. The van der Waals surface area contributed by atoms with E-state index in [0.717, 1.165) is 39.3 Å². The number of ether oxygens (including phenoxy) is 1. The highest BCUT2D eigenvalue weighted by Crippen LogP contribution is 2.20. The number of halogens is 1. The lowest BCUT2D eigenvalue weighted by Crippen LogP contribution is -3.14. The van der Waals surface area contributed by atoms with Gasteiger partial charge in [-0.3, -0.25) is 19.5 Å². The van der Waals surface area contributed by atoms with Crippen LogP contribution in [-0.2, 0) is 14.3 Å². The molecular weight excluding hydrogens is 371 g/mol. The molecule has 0 bridgehead atoms. The van der Waals surface area contributed by atoms with Crippen LogP contribution in [0.25, 0.3) is 0 Å². The van der Waals surface area contributed by atoms with E-state index in [1.807, 2.05) is 0 Å². The van der Waals surface area contributed by atoms with Gasteiger partial charge in [-0.2, -0.15) is 0 Å². The van der Waals surface area contributed by atoms with Crippen LogP contribution in [0.1, 0.15) is 6.42 Å². The normalized spacial score (nSPS) is 21.7. The van der Waals surface area contributed by atoms with E-state index in [9.17, 15) is 14.0 Å². The molecule has 2 heterocycles. The molecule has 3 rings (SSSR count). The minimum Gasteiger partial charge on any atom is -0.370 e. The average Bonchev–Trinajstić information content (AvgIpc) is 2.66. The molecule has 0 aliphatic carbocycles. The van der Waals surface area contributed by atoms with Crippen molar-refractivity contribution in [1.82, 2.24) is 5.32 Å². The molecule has 144 valence electrons. The molecule has 2 amide bonds. The Morgan fingerprint density at radius 2 is 2.00 bits per heavy atom. The van der Waals surface area contributed by atoms with Crippen LogP contribution >= 0.6 is 12.2 Å². The zero-order valence-corrected chi connectivity index (χ0v) is 15.6. The molecule has 1 atom stereocenters. The molecule has 2 aliphatic rings. The van der Waals surface area contributed by atoms with Gasteiger partial charge in [-0.15, -0.1) is 0 Å². The molecule has 0 unspecified atom stereocenters. The molecule has 27 heavy (non-hydrogen) atoms. The molecule has 0 saturated carbocycles. The van der Waals surface area contributed by atoms with Gasteiger partial charge in [0.05, 0.1) is 25.4 Å². The van der Waals surface area contributed by atoms with E-state index in [1.54, 1.807) is 0 Å². The van der Waals surface area contributed by atoms with E-state index >= 15 is 0 Å². The van der Waals surface area contributed by atoms with Crippen molar-refractivity contribution in [2.45, 2.75) is 6.42 Å². The van der Waals surface area contributed by atoms with Gasteiger partial charge in [-0.1, -0.05) is 0 Å². The fourth-order valence-corrected chi connectivity index (χ4v) is 3.36. The second kappa shape index (κ2) is 9.12. The highest BCUT2D eigenvalue weighted by atomic mass is 32.1. The first-order valence-electron chi connectivity index (χ1n) is 8.92. The predicted molar refractivity (Wildman–Crippen MR) is 102 cm³/mol. The molecule has 7 nitrogen and oxygen atoms in total. The van der Waals surface area contributed by atoms with E-state index in [1.165, 1.54) is 40.3 Å². The van der Waals surface area contributed by atoms with Gasteiger partial charge in [0.25, 0.3) is 5.91 Å². The Morgan fingerprint density at radius 1 is 1.30 bits per heavy atom. The summed E-state index contributed by atoms with van der Waals surface area (Å²) in [4.78, 5) is 31.8. The number of thiocarbonyl (C=S) groups is 1. The summed E-state index contributed by atoms with van der Waals surface area (Å²) in [5.41, 5.74) is 0.403. The standard InChI is InChI=1S/C18H21FN4O3S/c19-13-2-4-14(5-3-13)23-17(25)15(16(24)21-18(23)27)12-20-6-1-7-22-8-10-26-11-9-22/h2-5,12,15H,1,6-11H2,(H,21,24,27)/p+1/t15-/m1/s1. The number of quaternary nitrogens is 1. The number of carbonyl (C=O) groups excluding carboxylic acids is 2. The number of aliphatic imine (C=N–C) groups is 1. The van der Waals surface area contributed by atoms with Crippen LogP contribution < -0.4 is 15.1 Å². The Labute approximate surface area is 162 Å². The van der Waals surface area contributed by atoms with Crippen LogP contribution in [0.3, 0.4) is 0 Å². The summed E-state index contributed by atoms with van der Waals surface area (Å²) in [6, 6.07) is 5.35. The zero-order chi connectivity index (χ0) is 19.2. The first-order chi connectivity index (χ1) is 13.1. The quantitative estimate of drug-likeness (QED) is 0.298. The minimum atomic E-state index is -1.04. The summed E-state index contributed by atoms with van der Waals surface area (Å²) in [7, 11) is 0. The summed E-state index contributed by atoms with van der Waals surface area (Å²) in [6.07, 6.45) is 2.25. The largest absolute Gasteiger partial charge is 0.370 e. The highest BCUT2D eigenvalue weighted by Gasteiger charge is 2.38. The molecular formula is C18H22FN4O3S+. The summed E-state index contributed by atoms with van der Waals surface area (Å²) in [5.74, 6) is -2.44. The van der Waals surface area contributed by atoms with Gasteiger partial charge in [-0.25, -0.2) is 4.39 Å². The van der Waals surface area contributed by atoms with Crippen molar-refractivity contribution >= 4 is 41.0 Å². The van der Waals surface area contributed by atoms with E-state index < -0.39 is 23.5 Å². The summed E-state index contributed by atoms with van der Waals surface area (Å²) in [5, 5.41) is 2.49. The van der Waals surface area contributed by atoms with Crippen LogP contribution in [0.15, 0.2) is 29.3 Å². The number of nitrogens with zero attached hydrogens (tertiary/aromatic N) is 2. The molecule has 2 saturated heterocycles. The molecule has 9 heteroatoms. The van der Waals surface area contributed by atoms with E-state index in [0.29, 0.717) is 12.2 Å². The summed E-state index contributed by atoms with van der Waals surface area (Å²) < 4.78 is 18.4. The number of amides is 2. The average molecular weight is 393 g/mol. The van der Waals surface area contributed by atoms with E-state index in [2.05, 4.69) is 10.3 Å². The number of carbonyl (C=O) groups is 2. The number of hydrogen-bond acceptors (Lipinski definition) is 5. The van der Waals surface area contributed by atoms with Crippen molar-refractivity contribution in [3.8, 4) is 0 Å². The SMILES string of the molecule is O=C1NC(=S)N(c2ccc(F)cc2)C(=O)[C@@H]1C=NCCC[NH+]1CCOCC1. The Morgan fingerprint density at radius 3 is 2.70 bits per heavy atom. The van der Waals surface area contributed by atoms with Gasteiger partial charge in [0, 0.05) is 19.2 Å². The van der Waals surface area contributed by atoms with Gasteiger partial charge >= 0.3 is 0 Å². The Kier molecular flexibility index (Phi) is 6.59. The predicted octanol–water partition coefficient (Wildman–Crippen LogP) is -0.434. The smallest absolute Gasteiger partial charge is 0.251 e. The zero-order valence-electron chi connectivity index (χ0n) is 14.8. The monoisotopic (exact) mass is 393 g/mol. The van der Waals surface area contributed by atoms with Gasteiger partial charge < -0.3 is 15.0 Å².